The van der Waals surface area contributed by atoms with Crippen LogP contribution in [0.3, 0.4) is 0 Å². The van der Waals surface area contributed by atoms with Gasteiger partial charge in [-0.1, -0.05) is 0 Å². The quantitative estimate of drug-likeness (QED) is 0.138. The molecule has 3 amide bonds. The van der Waals surface area contributed by atoms with Gasteiger partial charge in [0.25, 0.3) is 0 Å². The van der Waals surface area contributed by atoms with Crippen LogP contribution in [0.5, 0.6) is 0 Å². The highest BCUT2D eigenvalue weighted by atomic mass is 32.1. The smallest absolute Gasteiger partial charge is 0.326 e. The van der Waals surface area contributed by atoms with E-state index in [9.17, 15) is 28.8 Å². The van der Waals surface area contributed by atoms with Gasteiger partial charge in [-0.3, -0.25) is 24.0 Å². The molecule has 13 nitrogen and oxygen atoms in total. The zero-order chi connectivity index (χ0) is 21.9. The van der Waals surface area contributed by atoms with E-state index in [-0.39, 0.29) is 12.2 Å². The van der Waals surface area contributed by atoms with Crippen molar-refractivity contribution in [2.24, 2.45) is 5.73 Å². The molecule has 0 radical (unpaired) electrons. The third-order valence-corrected chi connectivity index (χ3v) is 3.64. The second-order valence-corrected chi connectivity index (χ2v) is 5.92. The molecule has 0 aromatic carbocycles. The minimum absolute atomic E-state index is 0.0261. The zero-order valence-corrected chi connectivity index (χ0v) is 15.5. The van der Waals surface area contributed by atoms with Gasteiger partial charge in [0.15, 0.2) is 0 Å². The van der Waals surface area contributed by atoms with E-state index in [1.165, 1.54) is 0 Å². The summed E-state index contributed by atoms with van der Waals surface area (Å²) in [4.78, 5) is 67.8. The van der Waals surface area contributed by atoms with Crippen molar-refractivity contribution in [3.63, 3.8) is 0 Å². The summed E-state index contributed by atoms with van der Waals surface area (Å²) in [6.07, 6.45) is -1.61. The number of carboxylic acids is 3. The Morgan fingerprint density at radius 1 is 0.893 bits per heavy atom. The Kier molecular flexibility index (Phi) is 11.2. The summed E-state index contributed by atoms with van der Waals surface area (Å²) in [6.45, 7) is -0.722. The number of thiol groups is 1. The van der Waals surface area contributed by atoms with Gasteiger partial charge in [0.2, 0.25) is 17.7 Å². The molecule has 0 saturated heterocycles. The van der Waals surface area contributed by atoms with Gasteiger partial charge in [-0.2, -0.15) is 12.6 Å². The van der Waals surface area contributed by atoms with Crippen molar-refractivity contribution in [2.45, 2.75) is 37.4 Å². The van der Waals surface area contributed by atoms with Crippen LogP contribution in [0, 0.1) is 0 Å². The van der Waals surface area contributed by atoms with Crippen LogP contribution in [0.15, 0.2) is 0 Å². The second-order valence-electron chi connectivity index (χ2n) is 5.56. The van der Waals surface area contributed by atoms with Gasteiger partial charge in [-0.05, 0) is 6.42 Å². The van der Waals surface area contributed by atoms with Gasteiger partial charge in [0, 0.05) is 12.2 Å². The highest BCUT2D eigenvalue weighted by molar-refractivity contribution is 7.80. The standard InChI is InChI=1S/C14H22N4O9S/c15-6(5-28)12(24)18-7(1-2-10(20)21)13(25)16-4-9(19)17-8(14(26)27)3-11(22)23/h6-8,28H,1-5,15H2,(H,16,25)(H,17,19)(H,18,24)(H,20,21)(H,22,23)(H,26,27). The minimum Gasteiger partial charge on any atom is -0.481 e. The molecule has 0 rings (SSSR count). The number of hydrogen-bond donors (Lipinski definition) is 8. The summed E-state index contributed by atoms with van der Waals surface area (Å²) >= 11 is 3.83. The molecule has 0 fully saturated rings. The van der Waals surface area contributed by atoms with Crippen LogP contribution in [0.2, 0.25) is 0 Å². The number of aliphatic carboxylic acids is 3. The summed E-state index contributed by atoms with van der Waals surface area (Å²) in [5, 5.41) is 32.4. The van der Waals surface area contributed by atoms with E-state index in [0.717, 1.165) is 0 Å². The maximum atomic E-state index is 12.1. The number of carbonyl (C=O) groups is 6. The van der Waals surface area contributed by atoms with Gasteiger partial charge in [-0.25, -0.2) is 4.79 Å². The SMILES string of the molecule is NC(CS)C(=O)NC(CCC(=O)O)C(=O)NCC(=O)NC(CC(=O)O)C(=O)O. The van der Waals surface area contributed by atoms with E-state index < -0.39 is 73.1 Å². The molecule has 28 heavy (non-hydrogen) atoms. The molecular weight excluding hydrogens is 400 g/mol. The number of rotatable bonds is 13. The Labute approximate surface area is 164 Å². The third kappa shape index (κ3) is 10.3. The normalized spacial score (nSPS) is 13.5. The number of hydrogen-bond acceptors (Lipinski definition) is 8. The lowest BCUT2D eigenvalue weighted by atomic mass is 10.1. The van der Waals surface area contributed by atoms with Gasteiger partial charge < -0.3 is 37.0 Å². The summed E-state index contributed by atoms with van der Waals surface area (Å²) in [5.41, 5.74) is 5.46. The molecule has 0 heterocycles. The van der Waals surface area contributed by atoms with Crippen LogP contribution in [-0.4, -0.2) is 81.4 Å². The van der Waals surface area contributed by atoms with Gasteiger partial charge in [0.05, 0.1) is 19.0 Å². The van der Waals surface area contributed by atoms with Crippen molar-refractivity contribution < 1.29 is 44.1 Å². The molecule has 14 heteroatoms. The lowest BCUT2D eigenvalue weighted by Gasteiger charge is -2.20. The second kappa shape index (κ2) is 12.5. The lowest BCUT2D eigenvalue weighted by Crippen LogP contribution is -2.54. The van der Waals surface area contributed by atoms with Crippen molar-refractivity contribution in [1.82, 2.24) is 16.0 Å². The molecule has 3 atom stereocenters. The number of nitrogens with one attached hydrogen (secondary N) is 3. The van der Waals surface area contributed by atoms with Crippen molar-refractivity contribution in [1.29, 1.82) is 0 Å². The molecule has 0 saturated carbocycles. The number of carboxylic acid groups (broad SMARTS) is 3. The van der Waals surface area contributed by atoms with Crippen LogP contribution in [0.1, 0.15) is 19.3 Å². The molecular formula is C14H22N4O9S. The van der Waals surface area contributed by atoms with Crippen molar-refractivity contribution in [2.75, 3.05) is 12.3 Å². The number of carbonyl (C=O) groups excluding carboxylic acids is 3. The maximum absolute atomic E-state index is 12.1. The Bertz CT molecular complexity index is 628. The van der Waals surface area contributed by atoms with E-state index in [4.69, 9.17) is 21.1 Å². The zero-order valence-electron chi connectivity index (χ0n) is 14.6. The summed E-state index contributed by atoms with van der Waals surface area (Å²) in [6, 6.07) is -4.05. The summed E-state index contributed by atoms with van der Waals surface area (Å²) < 4.78 is 0. The fourth-order valence-electron chi connectivity index (χ4n) is 1.81. The fraction of sp³-hybridized carbons (Fsp3) is 0.571. The summed E-state index contributed by atoms with van der Waals surface area (Å²) in [5.74, 6) is -6.91. The highest BCUT2D eigenvalue weighted by Crippen LogP contribution is 2.00. The Morgan fingerprint density at radius 2 is 1.50 bits per heavy atom. The van der Waals surface area contributed by atoms with E-state index in [1.54, 1.807) is 0 Å². The van der Waals surface area contributed by atoms with E-state index in [2.05, 4.69) is 23.3 Å². The molecule has 0 spiro atoms. The largest absolute Gasteiger partial charge is 0.481 e. The molecule has 0 bridgehead atoms. The van der Waals surface area contributed by atoms with Gasteiger partial charge in [-0.15, -0.1) is 0 Å². The van der Waals surface area contributed by atoms with Crippen LogP contribution in [0.25, 0.3) is 0 Å². The topological polar surface area (TPSA) is 225 Å². The first-order chi connectivity index (χ1) is 13.0. The predicted octanol–water partition coefficient (Wildman–Crippen LogP) is -3.25. The molecule has 0 aliphatic carbocycles. The lowest BCUT2D eigenvalue weighted by molar-refractivity contribution is -0.147. The maximum Gasteiger partial charge on any atom is 0.326 e. The molecule has 0 aliphatic rings. The average Bonchev–Trinajstić information content (AvgIpc) is 2.60. The van der Waals surface area contributed by atoms with E-state index >= 15 is 0 Å². The number of nitrogens with two attached hydrogens (primary N) is 1. The molecule has 8 N–H and O–H groups in total. The van der Waals surface area contributed by atoms with Gasteiger partial charge >= 0.3 is 17.9 Å². The monoisotopic (exact) mass is 422 g/mol. The first-order valence-electron chi connectivity index (χ1n) is 7.88. The Morgan fingerprint density at radius 3 is 1.96 bits per heavy atom. The first-order valence-corrected chi connectivity index (χ1v) is 8.51. The van der Waals surface area contributed by atoms with Crippen LogP contribution < -0.4 is 21.7 Å². The van der Waals surface area contributed by atoms with Crippen molar-refractivity contribution >= 4 is 48.3 Å². The van der Waals surface area contributed by atoms with Crippen LogP contribution in [-0.2, 0) is 28.8 Å². The predicted molar refractivity (Wildman–Crippen MR) is 95.5 cm³/mol. The Hall–Kier alpha value is -2.87. The molecule has 0 aromatic heterocycles. The van der Waals surface area contributed by atoms with Crippen molar-refractivity contribution in [3.8, 4) is 0 Å². The molecule has 0 aromatic rings. The fourth-order valence-corrected chi connectivity index (χ4v) is 1.97. The molecule has 0 aliphatic heterocycles. The van der Waals surface area contributed by atoms with E-state index in [0.29, 0.717) is 0 Å². The van der Waals surface area contributed by atoms with Crippen molar-refractivity contribution in [3.05, 3.63) is 0 Å². The summed E-state index contributed by atoms with van der Waals surface area (Å²) in [7, 11) is 0. The third-order valence-electron chi connectivity index (χ3n) is 3.25. The minimum atomic E-state index is -1.70. The highest BCUT2D eigenvalue weighted by Gasteiger charge is 2.26. The average molecular weight is 422 g/mol. The van der Waals surface area contributed by atoms with Crippen LogP contribution in [0.4, 0.5) is 0 Å². The van der Waals surface area contributed by atoms with Crippen LogP contribution >= 0.6 is 12.6 Å². The van der Waals surface area contributed by atoms with Gasteiger partial charge in [0.1, 0.15) is 12.1 Å². The first kappa shape index (κ1) is 25.1. The van der Waals surface area contributed by atoms with E-state index in [1.807, 2.05) is 5.32 Å². The Balaban J connectivity index is 4.84. The number of amides is 3. The molecule has 158 valence electrons. The molecule has 3 unspecified atom stereocenters.